The van der Waals surface area contributed by atoms with E-state index in [9.17, 15) is 19.3 Å². The maximum atomic E-state index is 13.2. The van der Waals surface area contributed by atoms with Gasteiger partial charge in [0.1, 0.15) is 18.1 Å². The second-order valence-corrected chi connectivity index (χ2v) is 6.36. The van der Waals surface area contributed by atoms with Crippen molar-refractivity contribution in [3.63, 3.8) is 0 Å². The van der Waals surface area contributed by atoms with Crippen LogP contribution in [-0.4, -0.2) is 35.0 Å². The van der Waals surface area contributed by atoms with Crippen molar-refractivity contribution in [2.75, 3.05) is 18.4 Å². The zero-order valence-electron chi connectivity index (χ0n) is 14.6. The molecular formula is C19H20FN3O4. The molecule has 0 aromatic heterocycles. The Morgan fingerprint density at radius 1 is 1.22 bits per heavy atom. The fraction of sp³-hybridized carbons (Fsp3) is 0.316. The van der Waals surface area contributed by atoms with Gasteiger partial charge in [-0.1, -0.05) is 30.3 Å². The molecule has 1 fully saturated rings. The number of hydrogen-bond donors (Lipinski definition) is 1. The predicted octanol–water partition coefficient (Wildman–Crippen LogP) is 3.95. The number of amides is 1. The average molecular weight is 373 g/mol. The minimum Gasteiger partial charge on any atom is -0.445 e. The first-order valence-corrected chi connectivity index (χ1v) is 8.69. The van der Waals surface area contributed by atoms with E-state index >= 15 is 0 Å². The summed E-state index contributed by atoms with van der Waals surface area (Å²) in [4.78, 5) is 24.3. The molecule has 0 saturated carbocycles. The summed E-state index contributed by atoms with van der Waals surface area (Å²) in [5, 5.41) is 14.2. The fourth-order valence-corrected chi connectivity index (χ4v) is 3.01. The first-order valence-electron chi connectivity index (χ1n) is 8.69. The van der Waals surface area contributed by atoms with Crippen LogP contribution in [0, 0.1) is 15.9 Å². The monoisotopic (exact) mass is 373 g/mol. The van der Waals surface area contributed by atoms with Crippen LogP contribution in [0.15, 0.2) is 48.5 Å². The summed E-state index contributed by atoms with van der Waals surface area (Å²) in [5.74, 6) is -0.650. The predicted molar refractivity (Wildman–Crippen MR) is 97.9 cm³/mol. The smallest absolute Gasteiger partial charge is 0.410 e. The summed E-state index contributed by atoms with van der Waals surface area (Å²) in [6, 6.07) is 12.9. The second kappa shape index (κ2) is 8.48. The third-order valence-corrected chi connectivity index (χ3v) is 4.47. The van der Waals surface area contributed by atoms with Crippen LogP contribution in [0.5, 0.6) is 0 Å². The van der Waals surface area contributed by atoms with E-state index in [1.807, 2.05) is 30.3 Å². The Morgan fingerprint density at radius 3 is 2.59 bits per heavy atom. The van der Waals surface area contributed by atoms with Crippen LogP contribution >= 0.6 is 0 Å². The van der Waals surface area contributed by atoms with Crippen molar-refractivity contribution in [3.05, 3.63) is 70.0 Å². The molecule has 0 spiro atoms. The quantitative estimate of drug-likeness (QED) is 0.634. The molecule has 2 aromatic rings. The van der Waals surface area contributed by atoms with E-state index in [0.29, 0.717) is 25.9 Å². The van der Waals surface area contributed by atoms with Crippen LogP contribution in [0.3, 0.4) is 0 Å². The molecule has 3 rings (SSSR count). The van der Waals surface area contributed by atoms with Crippen molar-refractivity contribution in [1.29, 1.82) is 0 Å². The van der Waals surface area contributed by atoms with E-state index in [1.54, 1.807) is 4.90 Å². The number of nitrogens with one attached hydrogen (secondary N) is 1. The molecule has 0 aliphatic carbocycles. The van der Waals surface area contributed by atoms with Gasteiger partial charge in [-0.25, -0.2) is 9.18 Å². The molecule has 0 unspecified atom stereocenters. The minimum absolute atomic E-state index is 0.0349. The van der Waals surface area contributed by atoms with E-state index in [2.05, 4.69) is 5.32 Å². The molecule has 1 heterocycles. The van der Waals surface area contributed by atoms with Gasteiger partial charge in [0, 0.05) is 19.1 Å². The lowest BCUT2D eigenvalue weighted by molar-refractivity contribution is -0.384. The molecule has 1 amide bonds. The van der Waals surface area contributed by atoms with Gasteiger partial charge in [-0.2, -0.15) is 0 Å². The van der Waals surface area contributed by atoms with Gasteiger partial charge in [0.2, 0.25) is 0 Å². The zero-order valence-corrected chi connectivity index (χ0v) is 14.6. The lowest BCUT2D eigenvalue weighted by Gasteiger charge is -2.32. The second-order valence-electron chi connectivity index (χ2n) is 6.36. The Labute approximate surface area is 155 Å². The molecule has 1 aliphatic rings. The van der Waals surface area contributed by atoms with Crippen LogP contribution in [0.4, 0.5) is 20.6 Å². The van der Waals surface area contributed by atoms with Gasteiger partial charge >= 0.3 is 6.09 Å². The number of ether oxygens (including phenoxy) is 1. The van der Waals surface area contributed by atoms with Crippen molar-refractivity contribution >= 4 is 17.5 Å². The van der Waals surface area contributed by atoms with Gasteiger partial charge in [0.05, 0.1) is 11.0 Å². The van der Waals surface area contributed by atoms with E-state index in [4.69, 9.17) is 4.74 Å². The first kappa shape index (κ1) is 18.6. The maximum absolute atomic E-state index is 13.2. The van der Waals surface area contributed by atoms with Crippen molar-refractivity contribution in [2.24, 2.45) is 0 Å². The largest absolute Gasteiger partial charge is 0.445 e. The van der Waals surface area contributed by atoms with Gasteiger partial charge in [0.25, 0.3) is 5.69 Å². The molecule has 1 aliphatic heterocycles. The number of hydrogen-bond acceptors (Lipinski definition) is 5. The minimum atomic E-state index is -0.650. The topological polar surface area (TPSA) is 84.7 Å². The van der Waals surface area contributed by atoms with Crippen LogP contribution < -0.4 is 5.32 Å². The van der Waals surface area contributed by atoms with Crippen molar-refractivity contribution in [3.8, 4) is 0 Å². The third kappa shape index (κ3) is 4.93. The standard InChI is InChI=1S/C19H20FN3O4/c20-15-6-7-17(18(12-15)23(25)26)21-16-8-10-22(11-9-16)19(24)27-13-14-4-2-1-3-5-14/h1-7,12,16,21H,8-11,13H2. The highest BCUT2D eigenvalue weighted by Gasteiger charge is 2.25. The number of benzene rings is 2. The number of nitro groups is 1. The Kier molecular flexibility index (Phi) is 5.85. The molecule has 1 N–H and O–H groups in total. The van der Waals surface area contributed by atoms with Gasteiger partial charge in [0.15, 0.2) is 0 Å². The number of piperidine rings is 1. The average Bonchev–Trinajstić information content (AvgIpc) is 2.68. The number of nitrogens with zero attached hydrogens (tertiary/aromatic N) is 2. The molecule has 0 bridgehead atoms. The first-order chi connectivity index (χ1) is 13.0. The summed E-state index contributed by atoms with van der Waals surface area (Å²) in [7, 11) is 0. The zero-order chi connectivity index (χ0) is 19.2. The molecule has 7 nitrogen and oxygen atoms in total. The number of anilines is 1. The van der Waals surface area contributed by atoms with Gasteiger partial charge < -0.3 is 15.0 Å². The lowest BCUT2D eigenvalue weighted by atomic mass is 10.0. The summed E-state index contributed by atoms with van der Waals surface area (Å²) in [6.45, 7) is 1.19. The molecule has 142 valence electrons. The summed E-state index contributed by atoms with van der Waals surface area (Å²) < 4.78 is 18.6. The summed E-state index contributed by atoms with van der Waals surface area (Å²) >= 11 is 0. The van der Waals surface area contributed by atoms with Crippen molar-refractivity contribution in [2.45, 2.75) is 25.5 Å². The molecule has 27 heavy (non-hydrogen) atoms. The third-order valence-electron chi connectivity index (χ3n) is 4.47. The van der Waals surface area contributed by atoms with Crippen molar-refractivity contribution in [1.82, 2.24) is 4.90 Å². The maximum Gasteiger partial charge on any atom is 0.410 e. The van der Waals surface area contributed by atoms with E-state index in [1.165, 1.54) is 12.1 Å². The number of carbonyl (C=O) groups excluding carboxylic acids is 1. The highest BCUT2D eigenvalue weighted by molar-refractivity contribution is 5.68. The van der Waals surface area contributed by atoms with Crippen molar-refractivity contribution < 1.29 is 18.8 Å². The van der Waals surface area contributed by atoms with Crippen LogP contribution in [-0.2, 0) is 11.3 Å². The van der Waals surface area contributed by atoms with E-state index in [0.717, 1.165) is 11.6 Å². The molecule has 2 aromatic carbocycles. The Morgan fingerprint density at radius 2 is 1.93 bits per heavy atom. The van der Waals surface area contributed by atoms with Crippen LogP contribution in [0.25, 0.3) is 0 Å². The molecule has 0 atom stereocenters. The number of likely N-dealkylation sites (tertiary alicyclic amines) is 1. The Hall–Kier alpha value is -3.16. The highest BCUT2D eigenvalue weighted by atomic mass is 19.1. The molecule has 0 radical (unpaired) electrons. The van der Waals surface area contributed by atoms with E-state index in [-0.39, 0.29) is 30.1 Å². The normalized spacial score (nSPS) is 14.6. The number of halogens is 1. The summed E-state index contributed by atoms with van der Waals surface area (Å²) in [5.41, 5.74) is 0.914. The van der Waals surface area contributed by atoms with Gasteiger partial charge in [-0.15, -0.1) is 0 Å². The molecular weight excluding hydrogens is 353 g/mol. The SMILES string of the molecule is O=C(OCc1ccccc1)N1CCC(Nc2ccc(F)cc2[N+](=O)[O-])CC1. The number of carbonyl (C=O) groups is 1. The van der Waals surface area contributed by atoms with Gasteiger partial charge in [-0.3, -0.25) is 10.1 Å². The Balaban J connectivity index is 1.50. The number of rotatable bonds is 5. The molecule has 1 saturated heterocycles. The Bertz CT molecular complexity index is 808. The summed E-state index contributed by atoms with van der Waals surface area (Å²) in [6.07, 6.45) is 0.870. The van der Waals surface area contributed by atoms with E-state index < -0.39 is 10.7 Å². The highest BCUT2D eigenvalue weighted by Crippen LogP contribution is 2.27. The van der Waals surface area contributed by atoms with Crippen LogP contribution in [0.2, 0.25) is 0 Å². The fourth-order valence-electron chi connectivity index (χ4n) is 3.01. The number of nitro benzene ring substituents is 1. The van der Waals surface area contributed by atoms with Crippen LogP contribution in [0.1, 0.15) is 18.4 Å². The molecule has 8 heteroatoms. The van der Waals surface area contributed by atoms with Gasteiger partial charge in [-0.05, 0) is 30.5 Å². The lowest BCUT2D eigenvalue weighted by Crippen LogP contribution is -2.42.